The average molecular weight is 452 g/mol. The Kier molecular flexibility index (Phi) is 5.47. The number of nitrogens with zero attached hydrogens (tertiary/aromatic N) is 4. The molecule has 5 rings (SSSR count). The van der Waals surface area contributed by atoms with E-state index < -0.39 is 5.91 Å². The number of para-hydroxylation sites is 2. The molecule has 0 bridgehead atoms. The van der Waals surface area contributed by atoms with Gasteiger partial charge in [-0.25, -0.2) is 14.4 Å². The van der Waals surface area contributed by atoms with Crippen molar-refractivity contribution in [3.63, 3.8) is 0 Å². The molecule has 0 aliphatic heterocycles. The van der Waals surface area contributed by atoms with Crippen LogP contribution in [0.1, 0.15) is 27.0 Å². The molecule has 0 spiro atoms. The fraction of sp³-hybridized carbons (Fsp3) is 0.0769. The Morgan fingerprint density at radius 2 is 1.71 bits per heavy atom. The SMILES string of the molecule is Cc1ccc(/C=N/n2c(N)c(C(=O)NCc3ccc(F)cc3)c3nc4ccccc4nc32)cc1. The average Bonchev–Trinajstić information content (AvgIpc) is 3.11. The van der Waals surface area contributed by atoms with Crippen molar-refractivity contribution < 1.29 is 9.18 Å². The van der Waals surface area contributed by atoms with Crippen molar-refractivity contribution >= 4 is 40.1 Å². The molecule has 7 nitrogen and oxygen atoms in total. The number of benzene rings is 3. The minimum absolute atomic E-state index is 0.130. The molecule has 0 unspecified atom stereocenters. The van der Waals surface area contributed by atoms with E-state index in [1.807, 2.05) is 55.5 Å². The number of rotatable bonds is 5. The quantitative estimate of drug-likeness (QED) is 0.386. The minimum atomic E-state index is -0.416. The summed E-state index contributed by atoms with van der Waals surface area (Å²) >= 11 is 0. The Bertz CT molecular complexity index is 1540. The second-order valence-corrected chi connectivity index (χ2v) is 7.92. The maximum absolute atomic E-state index is 13.2. The summed E-state index contributed by atoms with van der Waals surface area (Å²) in [6.07, 6.45) is 1.66. The van der Waals surface area contributed by atoms with Gasteiger partial charge in [0.2, 0.25) is 0 Å². The molecule has 0 aliphatic rings. The van der Waals surface area contributed by atoms with E-state index in [1.54, 1.807) is 18.3 Å². The fourth-order valence-electron chi connectivity index (χ4n) is 3.64. The molecule has 34 heavy (non-hydrogen) atoms. The zero-order valence-corrected chi connectivity index (χ0v) is 18.4. The van der Waals surface area contributed by atoms with E-state index in [0.717, 1.165) is 16.7 Å². The van der Waals surface area contributed by atoms with Crippen LogP contribution in [0, 0.1) is 12.7 Å². The summed E-state index contributed by atoms with van der Waals surface area (Å²) < 4.78 is 14.6. The number of amides is 1. The van der Waals surface area contributed by atoms with Crippen LogP contribution in [-0.2, 0) is 6.54 Å². The highest BCUT2D eigenvalue weighted by atomic mass is 19.1. The molecule has 0 fully saturated rings. The molecule has 0 saturated heterocycles. The van der Waals surface area contributed by atoms with E-state index in [4.69, 9.17) is 5.73 Å². The number of anilines is 1. The standard InChI is InChI=1S/C26H21FN6O/c1-16-6-8-18(9-7-16)15-30-33-24(28)22(26(34)29-14-17-10-12-19(27)13-11-17)23-25(33)32-21-5-3-2-4-20(21)31-23/h2-13,15H,14,28H2,1H3,(H,29,34)/b30-15+. The van der Waals surface area contributed by atoms with Gasteiger partial charge in [0.25, 0.3) is 5.91 Å². The van der Waals surface area contributed by atoms with Gasteiger partial charge in [0.05, 0.1) is 17.2 Å². The van der Waals surface area contributed by atoms with E-state index >= 15 is 0 Å². The molecule has 0 radical (unpaired) electrons. The van der Waals surface area contributed by atoms with Crippen molar-refractivity contribution in [1.82, 2.24) is 20.0 Å². The van der Waals surface area contributed by atoms with E-state index in [0.29, 0.717) is 22.2 Å². The molecular weight excluding hydrogens is 431 g/mol. The van der Waals surface area contributed by atoms with Gasteiger partial charge >= 0.3 is 0 Å². The van der Waals surface area contributed by atoms with E-state index in [1.165, 1.54) is 16.8 Å². The molecular formula is C26H21FN6O. The first-order chi connectivity index (χ1) is 16.5. The maximum atomic E-state index is 13.2. The Balaban J connectivity index is 1.57. The maximum Gasteiger partial charge on any atom is 0.257 e. The summed E-state index contributed by atoms with van der Waals surface area (Å²) in [6.45, 7) is 2.22. The van der Waals surface area contributed by atoms with Crippen molar-refractivity contribution in [2.45, 2.75) is 13.5 Å². The van der Waals surface area contributed by atoms with Crippen LogP contribution in [0.15, 0.2) is 77.9 Å². The van der Waals surface area contributed by atoms with Gasteiger partial charge in [-0.15, -0.1) is 0 Å². The van der Waals surface area contributed by atoms with Crippen LogP contribution in [0.25, 0.3) is 22.2 Å². The number of nitrogens with two attached hydrogens (primary N) is 1. The first-order valence-corrected chi connectivity index (χ1v) is 10.7. The van der Waals surface area contributed by atoms with Gasteiger partial charge in [0.1, 0.15) is 22.7 Å². The third-order valence-corrected chi connectivity index (χ3v) is 5.47. The molecule has 3 aromatic carbocycles. The Morgan fingerprint density at radius 1 is 1.03 bits per heavy atom. The van der Waals surface area contributed by atoms with Crippen LogP contribution in [0.5, 0.6) is 0 Å². The highest BCUT2D eigenvalue weighted by molar-refractivity contribution is 6.10. The van der Waals surface area contributed by atoms with Gasteiger partial charge in [-0.3, -0.25) is 4.79 Å². The smallest absolute Gasteiger partial charge is 0.257 e. The molecule has 0 aliphatic carbocycles. The van der Waals surface area contributed by atoms with Crippen LogP contribution in [0.2, 0.25) is 0 Å². The van der Waals surface area contributed by atoms with Crippen LogP contribution < -0.4 is 11.1 Å². The number of fused-ring (bicyclic) bond motifs is 2. The lowest BCUT2D eigenvalue weighted by atomic mass is 10.2. The Morgan fingerprint density at radius 3 is 2.41 bits per heavy atom. The monoisotopic (exact) mass is 452 g/mol. The summed E-state index contributed by atoms with van der Waals surface area (Å²) in [5.41, 5.74) is 11.4. The van der Waals surface area contributed by atoms with Gasteiger partial charge in [0, 0.05) is 6.54 Å². The van der Waals surface area contributed by atoms with Crippen LogP contribution in [0.3, 0.4) is 0 Å². The van der Waals surface area contributed by atoms with Crippen LogP contribution in [-0.4, -0.2) is 26.8 Å². The molecule has 2 heterocycles. The number of carbonyl (C=O) groups excluding carboxylic acids is 1. The normalized spacial score (nSPS) is 11.5. The number of halogens is 1. The van der Waals surface area contributed by atoms with Crippen LogP contribution >= 0.6 is 0 Å². The van der Waals surface area contributed by atoms with Crippen LogP contribution in [0.4, 0.5) is 10.2 Å². The third-order valence-electron chi connectivity index (χ3n) is 5.47. The van der Waals surface area contributed by atoms with Gasteiger partial charge in [-0.2, -0.15) is 9.78 Å². The number of hydrogen-bond acceptors (Lipinski definition) is 5. The number of nitrogens with one attached hydrogen (secondary N) is 1. The number of aromatic nitrogens is 3. The second-order valence-electron chi connectivity index (χ2n) is 7.92. The van der Waals surface area contributed by atoms with Crippen molar-refractivity contribution in [2.75, 3.05) is 5.73 Å². The number of carbonyl (C=O) groups is 1. The van der Waals surface area contributed by atoms with Gasteiger partial charge < -0.3 is 11.1 Å². The van der Waals surface area contributed by atoms with Crippen molar-refractivity contribution in [1.29, 1.82) is 0 Å². The summed E-state index contributed by atoms with van der Waals surface area (Å²) in [7, 11) is 0. The summed E-state index contributed by atoms with van der Waals surface area (Å²) in [6, 6.07) is 21.2. The summed E-state index contributed by atoms with van der Waals surface area (Å²) in [4.78, 5) is 22.5. The molecule has 2 aromatic heterocycles. The predicted molar refractivity (Wildman–Crippen MR) is 131 cm³/mol. The van der Waals surface area contributed by atoms with Crippen molar-refractivity contribution in [3.8, 4) is 0 Å². The minimum Gasteiger partial charge on any atom is -0.383 e. The first kappa shape index (κ1) is 21.3. The van der Waals surface area contributed by atoms with Gasteiger partial charge in [-0.05, 0) is 42.3 Å². The lowest BCUT2D eigenvalue weighted by molar-refractivity contribution is 0.0953. The fourth-order valence-corrected chi connectivity index (χ4v) is 3.64. The lowest BCUT2D eigenvalue weighted by Crippen LogP contribution is -2.23. The predicted octanol–water partition coefficient (Wildman–Crippen LogP) is 4.43. The molecule has 3 N–H and O–H groups in total. The molecule has 0 atom stereocenters. The van der Waals surface area contributed by atoms with E-state index in [9.17, 15) is 9.18 Å². The second kappa shape index (κ2) is 8.74. The lowest BCUT2D eigenvalue weighted by Gasteiger charge is -2.06. The largest absolute Gasteiger partial charge is 0.383 e. The Hall–Kier alpha value is -4.59. The zero-order chi connectivity index (χ0) is 23.7. The highest BCUT2D eigenvalue weighted by Gasteiger charge is 2.24. The van der Waals surface area contributed by atoms with Crippen molar-refractivity contribution in [3.05, 3.63) is 101 Å². The third kappa shape index (κ3) is 4.09. The highest BCUT2D eigenvalue weighted by Crippen LogP contribution is 2.28. The Labute approximate surface area is 194 Å². The number of aryl methyl sites for hydroxylation is 1. The van der Waals surface area contributed by atoms with E-state index in [2.05, 4.69) is 20.4 Å². The van der Waals surface area contributed by atoms with Gasteiger partial charge in [0.15, 0.2) is 5.65 Å². The molecule has 8 heteroatoms. The van der Waals surface area contributed by atoms with Gasteiger partial charge in [-0.1, -0.05) is 54.1 Å². The first-order valence-electron chi connectivity index (χ1n) is 10.7. The number of nitrogen functional groups attached to an aromatic ring is 1. The topological polar surface area (TPSA) is 98.2 Å². The molecule has 168 valence electrons. The molecule has 1 amide bonds. The summed E-state index contributed by atoms with van der Waals surface area (Å²) in [5.74, 6) is -0.623. The van der Waals surface area contributed by atoms with E-state index in [-0.39, 0.29) is 23.7 Å². The summed E-state index contributed by atoms with van der Waals surface area (Å²) in [5, 5.41) is 7.35. The molecule has 0 saturated carbocycles. The zero-order valence-electron chi connectivity index (χ0n) is 18.4. The number of hydrogen-bond donors (Lipinski definition) is 2. The van der Waals surface area contributed by atoms with Crippen molar-refractivity contribution in [2.24, 2.45) is 5.10 Å². The molecule has 5 aromatic rings.